The maximum atomic E-state index is 11.2. The van der Waals surface area contributed by atoms with Gasteiger partial charge in [-0.1, -0.05) is 39.0 Å². The summed E-state index contributed by atoms with van der Waals surface area (Å²) in [7, 11) is 0. The minimum absolute atomic E-state index is 0.280. The Balaban J connectivity index is 3.35. The van der Waals surface area contributed by atoms with Gasteiger partial charge in [0, 0.05) is 6.54 Å². The first kappa shape index (κ1) is 16.7. The zero-order valence-electron chi connectivity index (χ0n) is 10.9. The fourth-order valence-electron chi connectivity index (χ4n) is 1.45. The molecule has 0 heterocycles. The van der Waals surface area contributed by atoms with E-state index < -0.39 is 18.1 Å². The number of aliphatic hydroxyl groups is 1. The molecule has 0 saturated heterocycles. The summed E-state index contributed by atoms with van der Waals surface area (Å²) in [5, 5.41) is 22.2. The molecule has 0 aliphatic rings. The smallest absolute Gasteiger partial charge is 0.334 e. The van der Waals surface area contributed by atoms with Gasteiger partial charge in [0.15, 0.2) is 6.10 Å². The average Bonchev–Trinajstić information content (AvgIpc) is 2.34. The topological polar surface area (TPSA) is 98.7 Å². The van der Waals surface area contributed by atoms with Crippen molar-refractivity contribution in [3.05, 3.63) is 0 Å². The Labute approximate surface area is 108 Å². The van der Waals surface area contributed by atoms with Crippen LogP contribution in [0.15, 0.2) is 0 Å². The fourth-order valence-corrected chi connectivity index (χ4v) is 1.45. The molecule has 1 atom stereocenters. The Morgan fingerprint density at radius 2 is 1.67 bits per heavy atom. The van der Waals surface area contributed by atoms with Gasteiger partial charge in [0.25, 0.3) is 0 Å². The monoisotopic (exact) mass is 260 g/mol. The molecule has 0 radical (unpaired) electrons. The molecule has 4 N–H and O–H groups in total. The van der Waals surface area contributed by atoms with E-state index in [9.17, 15) is 9.59 Å². The number of aliphatic carboxylic acids is 1. The molecule has 6 heteroatoms. The summed E-state index contributed by atoms with van der Waals surface area (Å²) in [6.45, 7) is 2.45. The van der Waals surface area contributed by atoms with Crippen LogP contribution in [0.2, 0.25) is 0 Å². The Kier molecular flexibility index (Phi) is 10.0. The molecule has 0 unspecified atom stereocenters. The van der Waals surface area contributed by atoms with Gasteiger partial charge in [0.05, 0.1) is 6.54 Å². The lowest BCUT2D eigenvalue weighted by Gasteiger charge is -2.09. The molecule has 18 heavy (non-hydrogen) atoms. The van der Waals surface area contributed by atoms with Crippen LogP contribution in [0.1, 0.15) is 45.4 Å². The van der Waals surface area contributed by atoms with Gasteiger partial charge in [-0.3, -0.25) is 0 Å². The molecule has 0 fully saturated rings. The minimum atomic E-state index is -1.55. The number of unbranched alkanes of at least 4 members (excludes halogenated alkanes) is 5. The molecule has 0 rings (SSSR count). The largest absolute Gasteiger partial charge is 0.479 e. The molecule has 0 aromatic carbocycles. The summed E-state index contributed by atoms with van der Waals surface area (Å²) < 4.78 is 0. The van der Waals surface area contributed by atoms with Crippen molar-refractivity contribution in [2.45, 2.75) is 51.6 Å². The highest BCUT2D eigenvalue weighted by Gasteiger charge is 2.13. The molecular formula is C12H24N2O4. The van der Waals surface area contributed by atoms with E-state index in [2.05, 4.69) is 17.6 Å². The number of urea groups is 1. The lowest BCUT2D eigenvalue weighted by molar-refractivity contribution is -0.146. The van der Waals surface area contributed by atoms with E-state index in [1.165, 1.54) is 25.7 Å². The van der Waals surface area contributed by atoms with Crippen molar-refractivity contribution in [2.75, 3.05) is 13.1 Å². The predicted molar refractivity (Wildman–Crippen MR) is 68.4 cm³/mol. The van der Waals surface area contributed by atoms with Gasteiger partial charge in [-0.25, -0.2) is 9.59 Å². The van der Waals surface area contributed by atoms with E-state index in [-0.39, 0.29) is 6.54 Å². The number of hydrogen-bond acceptors (Lipinski definition) is 3. The molecular weight excluding hydrogens is 236 g/mol. The number of carboxylic acids is 1. The van der Waals surface area contributed by atoms with Crippen molar-refractivity contribution in [1.82, 2.24) is 10.6 Å². The Morgan fingerprint density at radius 3 is 2.28 bits per heavy atom. The highest BCUT2D eigenvalue weighted by atomic mass is 16.4. The third-order valence-corrected chi connectivity index (χ3v) is 2.56. The highest BCUT2D eigenvalue weighted by Crippen LogP contribution is 2.03. The Hall–Kier alpha value is -1.30. The Bertz CT molecular complexity index is 246. The van der Waals surface area contributed by atoms with Crippen LogP contribution in [0.25, 0.3) is 0 Å². The van der Waals surface area contributed by atoms with Crippen LogP contribution in [0.3, 0.4) is 0 Å². The second-order valence-electron chi connectivity index (χ2n) is 4.26. The zero-order valence-corrected chi connectivity index (χ0v) is 10.9. The summed E-state index contributed by atoms with van der Waals surface area (Å²) in [4.78, 5) is 21.5. The van der Waals surface area contributed by atoms with Crippen molar-refractivity contribution in [2.24, 2.45) is 0 Å². The average molecular weight is 260 g/mol. The van der Waals surface area contributed by atoms with Gasteiger partial charge >= 0.3 is 12.0 Å². The Morgan fingerprint density at radius 1 is 1.06 bits per heavy atom. The van der Waals surface area contributed by atoms with Gasteiger partial charge in [0.1, 0.15) is 0 Å². The number of carboxylic acid groups (broad SMARTS) is 1. The van der Waals surface area contributed by atoms with Gasteiger partial charge in [-0.15, -0.1) is 0 Å². The molecule has 2 amide bonds. The van der Waals surface area contributed by atoms with Crippen LogP contribution < -0.4 is 10.6 Å². The number of nitrogens with one attached hydrogen (secondary N) is 2. The van der Waals surface area contributed by atoms with Crippen LogP contribution >= 0.6 is 0 Å². The number of aliphatic hydroxyl groups excluding tert-OH is 1. The van der Waals surface area contributed by atoms with Crippen molar-refractivity contribution in [3.8, 4) is 0 Å². The van der Waals surface area contributed by atoms with Gasteiger partial charge < -0.3 is 20.8 Å². The van der Waals surface area contributed by atoms with Crippen molar-refractivity contribution in [1.29, 1.82) is 0 Å². The standard InChI is InChI=1S/C12H24N2O4/c1-2-3-4-5-6-7-8-13-12(18)14-9-10(15)11(16)17/h10,15H,2-9H2,1H3,(H,16,17)(H2,13,14,18)/t10-/m0/s1. The summed E-state index contributed by atoms with van der Waals surface area (Å²) >= 11 is 0. The number of hydrogen-bond donors (Lipinski definition) is 4. The molecule has 6 nitrogen and oxygen atoms in total. The molecule has 106 valence electrons. The van der Waals surface area contributed by atoms with Crippen molar-refractivity contribution >= 4 is 12.0 Å². The maximum Gasteiger partial charge on any atom is 0.334 e. The van der Waals surface area contributed by atoms with E-state index in [0.717, 1.165) is 12.8 Å². The minimum Gasteiger partial charge on any atom is -0.479 e. The molecule has 0 bridgehead atoms. The van der Waals surface area contributed by atoms with Crippen LogP contribution in [0.5, 0.6) is 0 Å². The first-order chi connectivity index (χ1) is 8.57. The second kappa shape index (κ2) is 10.8. The highest BCUT2D eigenvalue weighted by molar-refractivity contribution is 5.76. The molecule has 0 aromatic heterocycles. The number of carbonyl (C=O) groups excluding carboxylic acids is 1. The van der Waals surface area contributed by atoms with Crippen LogP contribution in [0.4, 0.5) is 4.79 Å². The van der Waals surface area contributed by atoms with Crippen LogP contribution in [-0.4, -0.2) is 41.4 Å². The second-order valence-corrected chi connectivity index (χ2v) is 4.26. The maximum absolute atomic E-state index is 11.2. The first-order valence-electron chi connectivity index (χ1n) is 6.50. The fraction of sp³-hybridized carbons (Fsp3) is 0.833. The number of carbonyl (C=O) groups is 2. The quantitative estimate of drug-likeness (QED) is 0.442. The zero-order chi connectivity index (χ0) is 13.8. The summed E-state index contributed by atoms with van der Waals surface area (Å²) in [5.41, 5.74) is 0. The summed E-state index contributed by atoms with van der Waals surface area (Å²) in [6.07, 6.45) is 5.32. The number of amides is 2. The van der Waals surface area contributed by atoms with Gasteiger partial charge in [-0.2, -0.15) is 0 Å². The van der Waals surface area contributed by atoms with E-state index in [1.807, 2.05) is 0 Å². The summed E-state index contributed by atoms with van der Waals surface area (Å²) in [5.74, 6) is -1.34. The van der Waals surface area contributed by atoms with Crippen molar-refractivity contribution < 1.29 is 19.8 Å². The lowest BCUT2D eigenvalue weighted by Crippen LogP contribution is -2.42. The molecule has 0 aromatic rings. The molecule has 0 aliphatic heterocycles. The molecule has 0 saturated carbocycles. The van der Waals surface area contributed by atoms with E-state index in [4.69, 9.17) is 10.2 Å². The van der Waals surface area contributed by atoms with Gasteiger partial charge in [0.2, 0.25) is 0 Å². The normalized spacial score (nSPS) is 11.9. The van der Waals surface area contributed by atoms with Crippen LogP contribution in [0, 0.1) is 0 Å². The van der Waals surface area contributed by atoms with E-state index >= 15 is 0 Å². The molecule has 0 aliphatic carbocycles. The SMILES string of the molecule is CCCCCCCCNC(=O)NC[C@H](O)C(=O)O. The van der Waals surface area contributed by atoms with Crippen LogP contribution in [-0.2, 0) is 4.79 Å². The van der Waals surface area contributed by atoms with Crippen molar-refractivity contribution in [3.63, 3.8) is 0 Å². The third kappa shape index (κ3) is 9.89. The molecule has 0 spiro atoms. The summed E-state index contributed by atoms with van der Waals surface area (Å²) in [6, 6.07) is -0.441. The first-order valence-corrected chi connectivity index (χ1v) is 6.50. The van der Waals surface area contributed by atoms with Gasteiger partial charge in [-0.05, 0) is 6.42 Å². The predicted octanol–water partition coefficient (Wildman–Crippen LogP) is 1.09. The lowest BCUT2D eigenvalue weighted by atomic mass is 10.1. The van der Waals surface area contributed by atoms with E-state index in [0.29, 0.717) is 6.54 Å². The van der Waals surface area contributed by atoms with E-state index in [1.54, 1.807) is 0 Å². The third-order valence-electron chi connectivity index (χ3n) is 2.56. The number of rotatable bonds is 10.